The molecule has 4 heteroatoms. The van der Waals surface area contributed by atoms with Gasteiger partial charge in [-0.3, -0.25) is 4.55 Å². The lowest BCUT2D eigenvalue weighted by atomic mass is 9.85. The minimum absolute atomic E-state index is 0.0647. The maximum absolute atomic E-state index is 10.8. The molecule has 0 radical (unpaired) electrons. The van der Waals surface area contributed by atoms with Crippen molar-refractivity contribution in [2.45, 2.75) is 19.3 Å². The van der Waals surface area contributed by atoms with E-state index in [1.165, 1.54) is 11.1 Å². The molecule has 1 aliphatic carbocycles. The Kier molecular flexibility index (Phi) is 2.80. The molecule has 0 heterocycles. The van der Waals surface area contributed by atoms with Crippen LogP contribution in [0.1, 0.15) is 17.5 Å². The summed E-state index contributed by atoms with van der Waals surface area (Å²) in [6.45, 7) is 0. The quantitative estimate of drug-likeness (QED) is 0.781. The smallest absolute Gasteiger partial charge is 0.265 e. The van der Waals surface area contributed by atoms with Crippen LogP contribution >= 0.6 is 0 Å². The standard InChI is InChI=1S/C11H14O3S/c12-15(13,14)8-9-5-6-10-3-1-2-4-11(10)7-9/h1-4,9H,5-8H2,(H,12,13,14)/t9-/m1/s1. The van der Waals surface area contributed by atoms with E-state index in [0.717, 1.165) is 19.3 Å². The van der Waals surface area contributed by atoms with Gasteiger partial charge in [0.2, 0.25) is 0 Å². The minimum atomic E-state index is -3.83. The van der Waals surface area contributed by atoms with Crippen molar-refractivity contribution >= 4 is 10.1 Å². The molecular formula is C11H14O3S. The molecule has 1 aromatic carbocycles. The number of rotatable bonds is 2. The van der Waals surface area contributed by atoms with Crippen LogP contribution in [0, 0.1) is 5.92 Å². The molecule has 0 bridgehead atoms. The summed E-state index contributed by atoms with van der Waals surface area (Å²) >= 11 is 0. The third kappa shape index (κ3) is 2.79. The van der Waals surface area contributed by atoms with E-state index in [2.05, 4.69) is 6.07 Å². The van der Waals surface area contributed by atoms with E-state index >= 15 is 0 Å². The van der Waals surface area contributed by atoms with Gasteiger partial charge in [0, 0.05) is 0 Å². The Bertz CT molecular complexity index is 451. The van der Waals surface area contributed by atoms with Gasteiger partial charge in [0.05, 0.1) is 5.75 Å². The fraction of sp³-hybridized carbons (Fsp3) is 0.455. The highest BCUT2D eigenvalue weighted by Crippen LogP contribution is 2.25. The van der Waals surface area contributed by atoms with Crippen LogP contribution in [0.3, 0.4) is 0 Å². The summed E-state index contributed by atoms with van der Waals surface area (Å²) in [6, 6.07) is 8.08. The molecule has 0 aromatic heterocycles. The first-order valence-corrected chi connectivity index (χ1v) is 6.67. The lowest BCUT2D eigenvalue weighted by Crippen LogP contribution is -2.22. The highest BCUT2D eigenvalue weighted by Gasteiger charge is 2.22. The summed E-state index contributed by atoms with van der Waals surface area (Å²) < 4.78 is 30.3. The average molecular weight is 226 g/mol. The van der Waals surface area contributed by atoms with Gasteiger partial charge in [0.25, 0.3) is 10.1 Å². The molecule has 82 valence electrons. The first kappa shape index (κ1) is 10.6. The molecule has 0 aliphatic heterocycles. The van der Waals surface area contributed by atoms with Gasteiger partial charge in [-0.1, -0.05) is 24.3 Å². The Labute approximate surface area is 89.9 Å². The molecular weight excluding hydrogens is 212 g/mol. The third-order valence-corrected chi connectivity index (χ3v) is 3.79. The van der Waals surface area contributed by atoms with Crippen molar-refractivity contribution in [3.63, 3.8) is 0 Å². The van der Waals surface area contributed by atoms with Crippen LogP contribution in [0.5, 0.6) is 0 Å². The summed E-state index contributed by atoms with van der Waals surface area (Å²) in [4.78, 5) is 0. The molecule has 2 rings (SSSR count). The van der Waals surface area contributed by atoms with Crippen molar-refractivity contribution in [1.29, 1.82) is 0 Å². The fourth-order valence-electron chi connectivity index (χ4n) is 2.21. The van der Waals surface area contributed by atoms with E-state index in [9.17, 15) is 8.42 Å². The molecule has 3 nitrogen and oxygen atoms in total. The normalized spacial score (nSPS) is 21.0. The molecule has 0 amide bonds. The first-order chi connectivity index (χ1) is 7.04. The van der Waals surface area contributed by atoms with Crippen LogP contribution in [-0.2, 0) is 23.0 Å². The lowest BCUT2D eigenvalue weighted by Gasteiger charge is -2.23. The summed E-state index contributed by atoms with van der Waals surface area (Å²) in [5.74, 6) is -0.0451. The summed E-state index contributed by atoms with van der Waals surface area (Å²) in [6.07, 6.45) is 2.52. The van der Waals surface area contributed by atoms with E-state index in [1.807, 2.05) is 18.2 Å². The number of hydrogen-bond donors (Lipinski definition) is 1. The Morgan fingerprint density at radius 1 is 1.27 bits per heavy atom. The van der Waals surface area contributed by atoms with Gasteiger partial charge in [-0.05, 0) is 36.3 Å². The van der Waals surface area contributed by atoms with Crippen LogP contribution in [0.15, 0.2) is 24.3 Å². The molecule has 0 fully saturated rings. The van der Waals surface area contributed by atoms with Crippen LogP contribution < -0.4 is 0 Å². The second-order valence-corrected chi connectivity index (χ2v) is 5.62. The van der Waals surface area contributed by atoms with Crippen molar-refractivity contribution in [3.05, 3.63) is 35.4 Å². The maximum atomic E-state index is 10.8. The largest absolute Gasteiger partial charge is 0.286 e. The average Bonchev–Trinajstić information content (AvgIpc) is 2.15. The van der Waals surface area contributed by atoms with Crippen molar-refractivity contribution in [3.8, 4) is 0 Å². The maximum Gasteiger partial charge on any atom is 0.265 e. The molecule has 0 unspecified atom stereocenters. The van der Waals surface area contributed by atoms with Crippen LogP contribution in [0.4, 0.5) is 0 Å². The van der Waals surface area contributed by atoms with Gasteiger partial charge in [-0.25, -0.2) is 0 Å². The minimum Gasteiger partial charge on any atom is -0.286 e. The second-order valence-electron chi connectivity index (χ2n) is 4.13. The topological polar surface area (TPSA) is 54.4 Å². The molecule has 0 spiro atoms. The second kappa shape index (κ2) is 3.94. The SMILES string of the molecule is O=S(=O)(O)C[C@@H]1CCc2ccccc2C1. The Hall–Kier alpha value is -0.870. The predicted molar refractivity (Wildman–Crippen MR) is 58.4 cm³/mol. The molecule has 15 heavy (non-hydrogen) atoms. The molecule has 1 aliphatic rings. The Morgan fingerprint density at radius 3 is 2.60 bits per heavy atom. The van der Waals surface area contributed by atoms with E-state index < -0.39 is 10.1 Å². The molecule has 1 aromatic rings. The first-order valence-electron chi connectivity index (χ1n) is 5.06. The highest BCUT2D eigenvalue weighted by atomic mass is 32.2. The summed E-state index contributed by atoms with van der Waals surface area (Å²) in [7, 11) is -3.83. The van der Waals surface area contributed by atoms with Crippen LogP contribution in [0.25, 0.3) is 0 Å². The molecule has 1 N–H and O–H groups in total. The number of hydrogen-bond acceptors (Lipinski definition) is 2. The van der Waals surface area contributed by atoms with Gasteiger partial charge in [0.15, 0.2) is 0 Å². The Balaban J connectivity index is 2.12. The summed E-state index contributed by atoms with van der Waals surface area (Å²) in [5, 5.41) is 0. The van der Waals surface area contributed by atoms with E-state index in [-0.39, 0.29) is 11.7 Å². The number of fused-ring (bicyclic) bond motifs is 1. The van der Waals surface area contributed by atoms with Crippen molar-refractivity contribution in [2.24, 2.45) is 5.92 Å². The lowest BCUT2D eigenvalue weighted by molar-refractivity contribution is 0.443. The Morgan fingerprint density at radius 2 is 1.93 bits per heavy atom. The summed E-state index contributed by atoms with van der Waals surface area (Å²) in [5.41, 5.74) is 2.53. The zero-order valence-corrected chi connectivity index (χ0v) is 9.20. The fourth-order valence-corrected chi connectivity index (χ4v) is 3.09. The van der Waals surface area contributed by atoms with Crippen LogP contribution in [-0.4, -0.2) is 18.7 Å². The zero-order valence-electron chi connectivity index (χ0n) is 8.39. The van der Waals surface area contributed by atoms with E-state index in [4.69, 9.17) is 4.55 Å². The van der Waals surface area contributed by atoms with Crippen molar-refractivity contribution in [2.75, 3.05) is 5.75 Å². The third-order valence-electron chi connectivity index (χ3n) is 2.90. The van der Waals surface area contributed by atoms with Crippen molar-refractivity contribution in [1.82, 2.24) is 0 Å². The molecule has 0 saturated carbocycles. The number of benzene rings is 1. The van der Waals surface area contributed by atoms with Gasteiger partial charge in [0.1, 0.15) is 0 Å². The molecule has 1 atom stereocenters. The van der Waals surface area contributed by atoms with Gasteiger partial charge < -0.3 is 0 Å². The van der Waals surface area contributed by atoms with E-state index in [1.54, 1.807) is 0 Å². The molecule has 0 saturated heterocycles. The highest BCUT2D eigenvalue weighted by molar-refractivity contribution is 7.85. The predicted octanol–water partition coefficient (Wildman–Crippen LogP) is 1.68. The monoisotopic (exact) mass is 226 g/mol. The zero-order chi connectivity index (χ0) is 10.9. The van der Waals surface area contributed by atoms with E-state index in [0.29, 0.717) is 0 Å². The van der Waals surface area contributed by atoms with Crippen LogP contribution in [0.2, 0.25) is 0 Å². The van der Waals surface area contributed by atoms with Gasteiger partial charge in [-0.15, -0.1) is 0 Å². The van der Waals surface area contributed by atoms with Gasteiger partial charge >= 0.3 is 0 Å². The van der Waals surface area contributed by atoms with Crippen molar-refractivity contribution < 1.29 is 13.0 Å². The number of aryl methyl sites for hydroxylation is 1. The van der Waals surface area contributed by atoms with Gasteiger partial charge in [-0.2, -0.15) is 8.42 Å².